The number of aliphatic imine (C=N–C) groups is 1. The molecule has 3 unspecified atom stereocenters. The number of nitrogens with one attached hydrogen (secondary N) is 1. The average molecular weight is 378 g/mol. The van der Waals surface area contributed by atoms with Gasteiger partial charge in [-0.25, -0.2) is 4.39 Å². The normalized spacial score (nSPS) is 23.6. The van der Waals surface area contributed by atoms with Gasteiger partial charge in [-0.15, -0.1) is 0 Å². The molecule has 1 saturated carbocycles. The molecule has 27 heavy (non-hydrogen) atoms. The van der Waals surface area contributed by atoms with Crippen LogP contribution in [0.2, 0.25) is 0 Å². The van der Waals surface area contributed by atoms with E-state index in [1.807, 2.05) is 27.0 Å². The quantitative estimate of drug-likeness (QED) is 0.797. The van der Waals surface area contributed by atoms with Crippen molar-refractivity contribution < 1.29 is 18.7 Å². The Morgan fingerprint density at radius 3 is 2.26 bits per heavy atom. The summed E-state index contributed by atoms with van der Waals surface area (Å²) in [5.41, 5.74) is 0. The summed E-state index contributed by atoms with van der Waals surface area (Å²) in [4.78, 5) is 14.7. The third-order valence-corrected chi connectivity index (χ3v) is 4.32. The highest BCUT2D eigenvalue weighted by molar-refractivity contribution is 5.81. The number of amidine groups is 1. The number of ether oxygens (including phenoxy) is 2. The minimum absolute atomic E-state index is 0.132. The Kier molecular flexibility index (Phi) is 9.54. The van der Waals surface area contributed by atoms with Crippen LogP contribution >= 0.6 is 0 Å². The molecule has 0 bridgehead atoms. The van der Waals surface area contributed by atoms with Crippen LogP contribution in [0.15, 0.2) is 47.3 Å². The van der Waals surface area contributed by atoms with Crippen molar-refractivity contribution in [2.24, 2.45) is 16.8 Å². The van der Waals surface area contributed by atoms with Gasteiger partial charge in [-0.1, -0.05) is 25.1 Å². The molecule has 4 atom stereocenters. The molecule has 0 spiro atoms. The van der Waals surface area contributed by atoms with Gasteiger partial charge >= 0.3 is 5.97 Å². The molecule has 1 fully saturated rings. The van der Waals surface area contributed by atoms with Crippen LogP contribution in [0.4, 0.5) is 4.39 Å². The molecule has 0 aromatic heterocycles. The van der Waals surface area contributed by atoms with Gasteiger partial charge in [-0.2, -0.15) is 0 Å². The SMILES string of the molecule is CC(=O)O[C@@H](C)C1CC1C.COC1=CNC(C)=NC1C.Fc1ccccc1. The molecule has 3 rings (SSSR count). The van der Waals surface area contributed by atoms with Crippen LogP contribution in [0, 0.1) is 17.7 Å². The summed E-state index contributed by atoms with van der Waals surface area (Å²) in [6.07, 6.45) is 3.19. The maximum absolute atomic E-state index is 11.9. The lowest BCUT2D eigenvalue weighted by atomic mass is 10.2. The number of esters is 1. The molecule has 0 amide bonds. The van der Waals surface area contributed by atoms with E-state index in [0.29, 0.717) is 5.92 Å². The first-order valence-electron chi connectivity index (χ1n) is 9.17. The third-order valence-electron chi connectivity index (χ3n) is 4.32. The van der Waals surface area contributed by atoms with Crippen LogP contribution in [0.3, 0.4) is 0 Å². The molecule has 0 radical (unpaired) electrons. The van der Waals surface area contributed by atoms with Crippen molar-refractivity contribution in [1.82, 2.24) is 5.32 Å². The molecule has 5 nitrogen and oxygen atoms in total. The largest absolute Gasteiger partial charge is 0.497 e. The van der Waals surface area contributed by atoms with E-state index in [1.54, 1.807) is 25.3 Å². The zero-order valence-corrected chi connectivity index (χ0v) is 17.0. The molecule has 1 heterocycles. The standard InChI is InChI=1S/C8H14O2.C7H12N2O.C6H5F/c1-5-4-8(5)6(2)10-7(3)9;1-5-7(10-3)4-8-6(2)9-5;7-6-4-2-1-3-5-6/h5-6,8H,4H2,1-3H3;4-5H,1-3H3,(H,8,9);1-5H/t5?,6-,8?;;/m0../s1. The maximum Gasteiger partial charge on any atom is 0.302 e. The van der Waals surface area contributed by atoms with Crippen LogP contribution in [-0.4, -0.2) is 31.1 Å². The Labute approximate surface area is 161 Å². The number of nitrogens with zero attached hydrogens (tertiary/aromatic N) is 1. The van der Waals surface area contributed by atoms with Crippen molar-refractivity contribution in [1.29, 1.82) is 0 Å². The molecule has 1 N–H and O–H groups in total. The van der Waals surface area contributed by atoms with Crippen LogP contribution in [0.25, 0.3) is 0 Å². The molecule has 1 aliphatic carbocycles. The lowest BCUT2D eigenvalue weighted by molar-refractivity contribution is -0.146. The smallest absolute Gasteiger partial charge is 0.302 e. The van der Waals surface area contributed by atoms with Crippen molar-refractivity contribution in [2.45, 2.75) is 53.2 Å². The van der Waals surface area contributed by atoms with Gasteiger partial charge in [0.15, 0.2) is 0 Å². The summed E-state index contributed by atoms with van der Waals surface area (Å²) in [6.45, 7) is 9.54. The van der Waals surface area contributed by atoms with Crippen molar-refractivity contribution in [3.63, 3.8) is 0 Å². The molecular weight excluding hydrogens is 347 g/mol. The van der Waals surface area contributed by atoms with Crippen LogP contribution in [0.1, 0.15) is 41.0 Å². The fraction of sp³-hybridized carbons (Fsp3) is 0.524. The number of methoxy groups -OCH3 is 1. The summed E-state index contributed by atoms with van der Waals surface area (Å²) in [5.74, 6) is 2.87. The lowest BCUT2D eigenvalue weighted by Gasteiger charge is -2.16. The fourth-order valence-electron chi connectivity index (χ4n) is 2.69. The van der Waals surface area contributed by atoms with E-state index in [9.17, 15) is 9.18 Å². The number of hydrogen-bond donors (Lipinski definition) is 1. The van der Waals surface area contributed by atoms with Crippen molar-refractivity contribution in [3.8, 4) is 0 Å². The first kappa shape index (κ1) is 22.7. The Balaban J connectivity index is 0.000000206. The van der Waals surface area contributed by atoms with E-state index < -0.39 is 0 Å². The average Bonchev–Trinajstić information content (AvgIpc) is 3.33. The van der Waals surface area contributed by atoms with E-state index in [-0.39, 0.29) is 23.9 Å². The van der Waals surface area contributed by atoms with E-state index in [2.05, 4.69) is 17.2 Å². The summed E-state index contributed by atoms with van der Waals surface area (Å²) in [5, 5.41) is 2.98. The Hall–Kier alpha value is -2.37. The zero-order valence-electron chi connectivity index (χ0n) is 17.0. The summed E-state index contributed by atoms with van der Waals surface area (Å²) < 4.78 is 22.0. The van der Waals surface area contributed by atoms with Gasteiger partial charge in [-0.05, 0) is 51.2 Å². The highest BCUT2D eigenvalue weighted by atomic mass is 19.1. The topological polar surface area (TPSA) is 59.9 Å². The van der Waals surface area contributed by atoms with Crippen LogP contribution in [-0.2, 0) is 14.3 Å². The second kappa shape index (κ2) is 11.4. The molecule has 150 valence electrons. The molecule has 0 saturated heterocycles. The zero-order chi connectivity index (χ0) is 20.4. The van der Waals surface area contributed by atoms with E-state index in [4.69, 9.17) is 9.47 Å². The number of rotatable bonds is 3. The third kappa shape index (κ3) is 9.22. The van der Waals surface area contributed by atoms with Crippen LogP contribution in [0.5, 0.6) is 0 Å². The van der Waals surface area contributed by atoms with Gasteiger partial charge in [0.1, 0.15) is 23.7 Å². The Morgan fingerprint density at radius 2 is 1.89 bits per heavy atom. The van der Waals surface area contributed by atoms with E-state index in [0.717, 1.165) is 17.5 Å². The van der Waals surface area contributed by atoms with E-state index in [1.165, 1.54) is 25.5 Å². The number of benzene rings is 1. The Bertz CT molecular complexity index is 646. The molecule has 6 heteroatoms. The van der Waals surface area contributed by atoms with Gasteiger partial charge in [0.05, 0.1) is 12.9 Å². The van der Waals surface area contributed by atoms with Crippen molar-refractivity contribution in [2.75, 3.05) is 7.11 Å². The van der Waals surface area contributed by atoms with Gasteiger partial charge in [0.25, 0.3) is 0 Å². The summed E-state index contributed by atoms with van der Waals surface area (Å²) in [6, 6.07) is 8.10. The molecule has 1 aromatic carbocycles. The van der Waals surface area contributed by atoms with Crippen LogP contribution < -0.4 is 5.32 Å². The molecule has 1 aromatic rings. The minimum Gasteiger partial charge on any atom is -0.497 e. The number of halogens is 1. The monoisotopic (exact) mass is 378 g/mol. The van der Waals surface area contributed by atoms with Gasteiger partial charge in [0.2, 0.25) is 0 Å². The Morgan fingerprint density at radius 1 is 1.30 bits per heavy atom. The van der Waals surface area contributed by atoms with Crippen molar-refractivity contribution >= 4 is 11.8 Å². The second-order valence-corrected chi connectivity index (χ2v) is 6.77. The number of carbonyl (C=O) groups is 1. The minimum atomic E-state index is -0.178. The van der Waals surface area contributed by atoms with E-state index >= 15 is 0 Å². The second-order valence-electron chi connectivity index (χ2n) is 6.77. The first-order valence-corrected chi connectivity index (χ1v) is 9.17. The molecular formula is C21H31FN2O3. The lowest BCUT2D eigenvalue weighted by Crippen LogP contribution is -2.24. The fourth-order valence-corrected chi connectivity index (χ4v) is 2.69. The first-order chi connectivity index (χ1) is 12.7. The highest BCUT2D eigenvalue weighted by Gasteiger charge is 2.38. The van der Waals surface area contributed by atoms with Crippen molar-refractivity contribution in [3.05, 3.63) is 48.1 Å². The van der Waals surface area contributed by atoms with Gasteiger partial charge in [-0.3, -0.25) is 9.79 Å². The maximum atomic E-state index is 11.9. The predicted octanol–water partition coefficient (Wildman–Crippen LogP) is 4.30. The predicted molar refractivity (Wildman–Crippen MR) is 106 cm³/mol. The molecule has 2 aliphatic rings. The molecule has 1 aliphatic heterocycles. The number of hydrogen-bond acceptors (Lipinski definition) is 5. The van der Waals surface area contributed by atoms with Gasteiger partial charge in [0, 0.05) is 13.1 Å². The van der Waals surface area contributed by atoms with Gasteiger partial charge < -0.3 is 14.8 Å². The highest BCUT2D eigenvalue weighted by Crippen LogP contribution is 2.41. The number of carbonyl (C=O) groups excluding carboxylic acids is 1. The summed E-state index contributed by atoms with van der Waals surface area (Å²) >= 11 is 0. The summed E-state index contributed by atoms with van der Waals surface area (Å²) in [7, 11) is 1.65.